The van der Waals surface area contributed by atoms with Crippen LogP contribution in [0.5, 0.6) is 0 Å². The number of furan rings is 1. The molecule has 1 atom stereocenters. The summed E-state index contributed by atoms with van der Waals surface area (Å²) >= 11 is 0. The van der Waals surface area contributed by atoms with Crippen LogP contribution in [0, 0.1) is 6.92 Å². The summed E-state index contributed by atoms with van der Waals surface area (Å²) in [6.45, 7) is 4.90. The maximum atomic E-state index is 6.09. The van der Waals surface area contributed by atoms with Crippen LogP contribution in [-0.2, 0) is 13.0 Å². The second-order valence-electron chi connectivity index (χ2n) is 4.16. The average molecular weight is 234 g/mol. The molecule has 0 aliphatic heterocycles. The van der Waals surface area contributed by atoms with Gasteiger partial charge in [0.2, 0.25) is 0 Å². The molecule has 0 aliphatic rings. The number of aromatic nitrogens is 3. The molecule has 0 aromatic carbocycles. The molecular formula is C12H18N4O. The zero-order valence-electron chi connectivity index (χ0n) is 10.3. The maximum absolute atomic E-state index is 6.09. The molecule has 0 aliphatic carbocycles. The first-order valence-corrected chi connectivity index (χ1v) is 5.89. The second kappa shape index (κ2) is 5.14. The number of hydrogen-bond acceptors (Lipinski definition) is 4. The lowest BCUT2D eigenvalue weighted by Gasteiger charge is -2.09. The van der Waals surface area contributed by atoms with Gasteiger partial charge in [-0.05, 0) is 25.5 Å². The molecule has 0 radical (unpaired) electrons. The molecular weight excluding hydrogens is 216 g/mol. The van der Waals surface area contributed by atoms with Crippen LogP contribution in [0.1, 0.15) is 36.7 Å². The largest absolute Gasteiger partial charge is 0.465 e. The highest BCUT2D eigenvalue weighted by Crippen LogP contribution is 2.17. The number of hydrogen-bond donors (Lipinski definition) is 1. The highest BCUT2D eigenvalue weighted by Gasteiger charge is 2.14. The van der Waals surface area contributed by atoms with Crippen LogP contribution in [0.2, 0.25) is 0 Å². The van der Waals surface area contributed by atoms with E-state index in [1.54, 1.807) is 6.33 Å². The summed E-state index contributed by atoms with van der Waals surface area (Å²) in [5.74, 6) is 2.59. The van der Waals surface area contributed by atoms with Gasteiger partial charge in [0.05, 0.1) is 6.04 Å². The van der Waals surface area contributed by atoms with Crippen molar-refractivity contribution >= 4 is 0 Å². The number of aryl methyl sites for hydroxylation is 2. The Morgan fingerprint density at radius 3 is 2.94 bits per heavy atom. The van der Waals surface area contributed by atoms with Crippen molar-refractivity contribution in [3.63, 3.8) is 0 Å². The van der Waals surface area contributed by atoms with Crippen LogP contribution in [0.3, 0.4) is 0 Å². The van der Waals surface area contributed by atoms with Crippen molar-refractivity contribution in [2.75, 3.05) is 0 Å². The topological polar surface area (TPSA) is 69.9 Å². The molecule has 2 aromatic heterocycles. The third-order valence-corrected chi connectivity index (χ3v) is 2.66. The van der Waals surface area contributed by atoms with Gasteiger partial charge in [0, 0.05) is 13.0 Å². The molecule has 92 valence electrons. The Hall–Kier alpha value is -1.62. The Balaban J connectivity index is 2.07. The fourth-order valence-electron chi connectivity index (χ4n) is 1.79. The van der Waals surface area contributed by atoms with Crippen molar-refractivity contribution in [2.45, 2.75) is 39.3 Å². The Bertz CT molecular complexity index is 474. The molecule has 2 aromatic rings. The Labute approximate surface area is 101 Å². The van der Waals surface area contributed by atoms with Crippen molar-refractivity contribution in [1.82, 2.24) is 14.8 Å². The molecule has 0 saturated heterocycles. The van der Waals surface area contributed by atoms with Gasteiger partial charge in [-0.1, -0.05) is 6.92 Å². The molecule has 5 nitrogen and oxygen atoms in total. The minimum absolute atomic E-state index is 0.163. The lowest BCUT2D eigenvalue weighted by Crippen LogP contribution is -2.16. The molecule has 0 saturated carbocycles. The van der Waals surface area contributed by atoms with Crippen LogP contribution in [-0.4, -0.2) is 14.8 Å². The standard InChI is InChI=1S/C12H18N4O/c1-3-6-16-12(14-8-15-16)7-10(13)11-5-4-9(2)17-11/h4-5,8,10H,3,6-7,13H2,1-2H3. The summed E-state index contributed by atoms with van der Waals surface area (Å²) in [4.78, 5) is 4.24. The van der Waals surface area contributed by atoms with E-state index < -0.39 is 0 Å². The van der Waals surface area contributed by atoms with Gasteiger partial charge < -0.3 is 10.2 Å². The van der Waals surface area contributed by atoms with E-state index in [0.717, 1.165) is 30.3 Å². The fourth-order valence-corrected chi connectivity index (χ4v) is 1.79. The first-order valence-electron chi connectivity index (χ1n) is 5.89. The van der Waals surface area contributed by atoms with Crippen LogP contribution >= 0.6 is 0 Å². The maximum Gasteiger partial charge on any atom is 0.138 e. The predicted octanol–water partition coefficient (Wildman–Crippen LogP) is 1.83. The van der Waals surface area contributed by atoms with Gasteiger partial charge in [0.1, 0.15) is 23.7 Å². The van der Waals surface area contributed by atoms with Gasteiger partial charge in [0.25, 0.3) is 0 Å². The number of nitrogens with two attached hydrogens (primary N) is 1. The minimum Gasteiger partial charge on any atom is -0.465 e. The summed E-state index contributed by atoms with van der Waals surface area (Å²) in [5.41, 5.74) is 6.09. The molecule has 17 heavy (non-hydrogen) atoms. The predicted molar refractivity (Wildman–Crippen MR) is 64.4 cm³/mol. The molecule has 2 N–H and O–H groups in total. The van der Waals surface area contributed by atoms with E-state index in [9.17, 15) is 0 Å². The first kappa shape index (κ1) is 11.9. The van der Waals surface area contributed by atoms with Gasteiger partial charge in [-0.15, -0.1) is 0 Å². The van der Waals surface area contributed by atoms with Gasteiger partial charge in [-0.25, -0.2) is 4.98 Å². The summed E-state index contributed by atoms with van der Waals surface area (Å²) in [5, 5.41) is 4.18. The third-order valence-electron chi connectivity index (χ3n) is 2.66. The molecule has 0 amide bonds. The van der Waals surface area contributed by atoms with E-state index >= 15 is 0 Å². The Morgan fingerprint density at radius 1 is 1.47 bits per heavy atom. The van der Waals surface area contributed by atoms with Crippen molar-refractivity contribution in [1.29, 1.82) is 0 Å². The lowest BCUT2D eigenvalue weighted by atomic mass is 10.1. The van der Waals surface area contributed by atoms with Crippen LogP contribution < -0.4 is 5.73 Å². The molecule has 0 fully saturated rings. The molecule has 0 bridgehead atoms. The van der Waals surface area contributed by atoms with Crippen molar-refractivity contribution < 1.29 is 4.42 Å². The van der Waals surface area contributed by atoms with E-state index in [1.807, 2.05) is 23.7 Å². The Morgan fingerprint density at radius 2 is 2.29 bits per heavy atom. The van der Waals surface area contributed by atoms with E-state index in [-0.39, 0.29) is 6.04 Å². The van der Waals surface area contributed by atoms with Gasteiger partial charge in [0.15, 0.2) is 0 Å². The molecule has 2 rings (SSSR count). The van der Waals surface area contributed by atoms with E-state index in [1.165, 1.54) is 0 Å². The van der Waals surface area contributed by atoms with Gasteiger partial charge in [-0.2, -0.15) is 5.10 Å². The number of rotatable bonds is 5. The second-order valence-corrected chi connectivity index (χ2v) is 4.16. The fraction of sp³-hybridized carbons (Fsp3) is 0.500. The first-order chi connectivity index (χ1) is 8.20. The van der Waals surface area contributed by atoms with Gasteiger partial charge in [-0.3, -0.25) is 4.68 Å². The quantitative estimate of drug-likeness (QED) is 0.856. The summed E-state index contributed by atoms with van der Waals surface area (Å²) in [6, 6.07) is 3.68. The van der Waals surface area contributed by atoms with Crippen LogP contribution in [0.4, 0.5) is 0 Å². The number of nitrogens with zero attached hydrogens (tertiary/aromatic N) is 3. The zero-order chi connectivity index (χ0) is 12.3. The normalized spacial score (nSPS) is 12.9. The van der Waals surface area contributed by atoms with Crippen molar-refractivity contribution in [3.8, 4) is 0 Å². The third kappa shape index (κ3) is 2.74. The highest BCUT2D eigenvalue weighted by molar-refractivity contribution is 5.10. The summed E-state index contributed by atoms with van der Waals surface area (Å²) in [7, 11) is 0. The van der Waals surface area contributed by atoms with E-state index in [0.29, 0.717) is 6.42 Å². The van der Waals surface area contributed by atoms with E-state index in [4.69, 9.17) is 10.2 Å². The van der Waals surface area contributed by atoms with Crippen molar-refractivity contribution in [3.05, 3.63) is 35.8 Å². The van der Waals surface area contributed by atoms with Crippen molar-refractivity contribution in [2.24, 2.45) is 5.73 Å². The summed E-state index contributed by atoms with van der Waals surface area (Å²) < 4.78 is 7.41. The molecule has 5 heteroatoms. The molecule has 0 spiro atoms. The monoisotopic (exact) mass is 234 g/mol. The van der Waals surface area contributed by atoms with Gasteiger partial charge >= 0.3 is 0 Å². The SMILES string of the molecule is CCCn1ncnc1CC(N)c1ccc(C)o1. The highest BCUT2D eigenvalue weighted by atomic mass is 16.3. The lowest BCUT2D eigenvalue weighted by molar-refractivity contribution is 0.435. The average Bonchev–Trinajstić information content (AvgIpc) is 2.89. The summed E-state index contributed by atoms with van der Waals surface area (Å²) in [6.07, 6.45) is 3.25. The van der Waals surface area contributed by atoms with Crippen LogP contribution in [0.15, 0.2) is 22.9 Å². The Kier molecular flexibility index (Phi) is 3.58. The zero-order valence-corrected chi connectivity index (χ0v) is 10.3. The smallest absolute Gasteiger partial charge is 0.138 e. The van der Waals surface area contributed by atoms with E-state index in [2.05, 4.69) is 17.0 Å². The minimum atomic E-state index is -0.163. The molecule has 1 unspecified atom stereocenters. The molecule has 2 heterocycles. The van der Waals surface area contributed by atoms with Crippen LogP contribution in [0.25, 0.3) is 0 Å².